The Morgan fingerprint density at radius 3 is 2.36 bits per heavy atom. The minimum atomic E-state index is -3.85. The van der Waals surface area contributed by atoms with Crippen molar-refractivity contribution in [3.05, 3.63) is 59.9 Å². The van der Waals surface area contributed by atoms with Crippen molar-refractivity contribution < 1.29 is 23.4 Å². The lowest BCUT2D eigenvalue weighted by Gasteiger charge is -2.37. The van der Waals surface area contributed by atoms with Crippen LogP contribution in [0.5, 0.6) is 0 Å². The largest absolute Gasteiger partial charge is 0.478 e. The molecule has 25 heavy (non-hydrogen) atoms. The second kappa shape index (κ2) is 6.91. The van der Waals surface area contributed by atoms with Crippen LogP contribution in [0.2, 0.25) is 0 Å². The van der Waals surface area contributed by atoms with E-state index in [1.165, 1.54) is 24.3 Å². The van der Waals surface area contributed by atoms with Gasteiger partial charge in [-0.1, -0.05) is 6.07 Å². The lowest BCUT2D eigenvalue weighted by Crippen LogP contribution is -2.41. The lowest BCUT2D eigenvalue weighted by atomic mass is 9.76. The summed E-state index contributed by atoms with van der Waals surface area (Å²) >= 11 is 0. The van der Waals surface area contributed by atoms with Crippen LogP contribution in [0.1, 0.15) is 34.9 Å². The van der Waals surface area contributed by atoms with Crippen molar-refractivity contribution in [2.45, 2.75) is 29.9 Å². The number of benzene rings is 1. The van der Waals surface area contributed by atoms with Gasteiger partial charge in [0.15, 0.2) is 0 Å². The van der Waals surface area contributed by atoms with E-state index in [0.29, 0.717) is 18.5 Å². The molecular weight excluding hydrogens is 344 g/mol. The summed E-state index contributed by atoms with van der Waals surface area (Å²) in [5.74, 6) is -1.16. The lowest BCUT2D eigenvalue weighted by molar-refractivity contribution is 0.0273. The Morgan fingerprint density at radius 1 is 1.16 bits per heavy atom. The maximum Gasteiger partial charge on any atom is 0.335 e. The molecule has 1 aromatic carbocycles. The summed E-state index contributed by atoms with van der Waals surface area (Å²) < 4.78 is 28.0. The van der Waals surface area contributed by atoms with E-state index in [-0.39, 0.29) is 16.4 Å². The third-order valence-electron chi connectivity index (χ3n) is 4.32. The van der Waals surface area contributed by atoms with Gasteiger partial charge in [0.25, 0.3) is 0 Å². The molecule has 0 spiro atoms. The number of nitrogens with zero attached hydrogens (tertiary/aromatic N) is 1. The third kappa shape index (κ3) is 3.87. The molecule has 0 radical (unpaired) electrons. The van der Waals surface area contributed by atoms with E-state index in [1.807, 2.05) is 0 Å². The Hall–Kier alpha value is -2.29. The number of aliphatic hydroxyl groups excluding tert-OH is 1. The number of hydrogen-bond donors (Lipinski definition) is 3. The van der Waals surface area contributed by atoms with Crippen molar-refractivity contribution in [2.24, 2.45) is 5.92 Å². The van der Waals surface area contributed by atoms with Gasteiger partial charge in [-0.3, -0.25) is 4.98 Å². The number of aromatic carboxylic acids is 1. The molecule has 1 aliphatic rings. The Bertz CT molecular complexity index is 846. The third-order valence-corrected chi connectivity index (χ3v) is 5.78. The first kappa shape index (κ1) is 17.5. The predicted molar refractivity (Wildman–Crippen MR) is 89.4 cm³/mol. The maximum absolute atomic E-state index is 12.7. The standard InChI is InChI=1S/C17H18N2O5S/c20-13-9-12(10-13)16(15-3-1-2-8-18-15)19-25(23,24)14-6-4-11(5-7-14)17(21)22/h1-8,12-13,16,19-20H,9-10H2,(H,21,22)/t12?,13?,16-/m0/s1. The maximum atomic E-state index is 12.7. The predicted octanol–water partition coefficient (Wildman–Crippen LogP) is 1.57. The molecule has 0 amide bonds. The number of carboxylic acids is 1. The average Bonchev–Trinajstić information content (AvgIpc) is 2.58. The van der Waals surface area contributed by atoms with Crippen molar-refractivity contribution in [1.29, 1.82) is 0 Å². The first-order valence-corrected chi connectivity index (χ1v) is 9.30. The molecule has 3 N–H and O–H groups in total. The van der Waals surface area contributed by atoms with Crippen molar-refractivity contribution in [3.8, 4) is 0 Å². The van der Waals surface area contributed by atoms with Gasteiger partial charge in [-0.15, -0.1) is 0 Å². The van der Waals surface area contributed by atoms with E-state index >= 15 is 0 Å². The number of sulfonamides is 1. The SMILES string of the molecule is O=C(O)c1ccc(S(=O)(=O)N[C@H](c2ccccn2)C2CC(O)C2)cc1. The van der Waals surface area contributed by atoms with Gasteiger partial charge in [0.1, 0.15) is 0 Å². The van der Waals surface area contributed by atoms with E-state index in [1.54, 1.807) is 24.4 Å². The molecule has 8 heteroatoms. The molecule has 1 aliphatic carbocycles. The van der Waals surface area contributed by atoms with Gasteiger partial charge in [0, 0.05) is 6.20 Å². The highest BCUT2D eigenvalue weighted by atomic mass is 32.2. The zero-order valence-corrected chi connectivity index (χ0v) is 14.1. The minimum Gasteiger partial charge on any atom is -0.478 e. The van der Waals surface area contributed by atoms with Gasteiger partial charge in [-0.2, -0.15) is 0 Å². The van der Waals surface area contributed by atoms with Crippen LogP contribution in [0.25, 0.3) is 0 Å². The van der Waals surface area contributed by atoms with E-state index < -0.39 is 28.1 Å². The van der Waals surface area contributed by atoms with Crippen LogP contribution in [-0.4, -0.2) is 35.7 Å². The quantitative estimate of drug-likeness (QED) is 0.718. The smallest absolute Gasteiger partial charge is 0.335 e. The Morgan fingerprint density at radius 2 is 1.84 bits per heavy atom. The average molecular weight is 362 g/mol. The van der Waals surface area contributed by atoms with Gasteiger partial charge in [0.05, 0.1) is 28.3 Å². The molecule has 0 saturated heterocycles. The van der Waals surface area contributed by atoms with Crippen LogP contribution in [0.3, 0.4) is 0 Å². The number of aliphatic hydroxyl groups is 1. The van der Waals surface area contributed by atoms with Gasteiger partial charge in [-0.25, -0.2) is 17.9 Å². The first-order chi connectivity index (χ1) is 11.9. The molecular formula is C17H18N2O5S. The fourth-order valence-electron chi connectivity index (χ4n) is 2.87. The number of rotatable bonds is 6. The molecule has 3 rings (SSSR count). The van der Waals surface area contributed by atoms with E-state index in [0.717, 1.165) is 0 Å². The molecule has 132 valence electrons. The van der Waals surface area contributed by atoms with Crippen molar-refractivity contribution in [3.63, 3.8) is 0 Å². The molecule has 1 fully saturated rings. The summed E-state index contributed by atoms with van der Waals surface area (Å²) in [4.78, 5) is 15.1. The van der Waals surface area contributed by atoms with Crippen LogP contribution in [-0.2, 0) is 10.0 Å². The second-order valence-corrected chi connectivity index (χ2v) is 7.78. The number of aromatic nitrogens is 1. The molecule has 0 bridgehead atoms. The number of carbonyl (C=O) groups is 1. The zero-order valence-electron chi connectivity index (χ0n) is 13.2. The molecule has 0 aliphatic heterocycles. The second-order valence-electron chi connectivity index (χ2n) is 6.07. The van der Waals surface area contributed by atoms with Gasteiger partial charge in [0.2, 0.25) is 10.0 Å². The van der Waals surface area contributed by atoms with E-state index in [2.05, 4.69) is 9.71 Å². The molecule has 0 unspecified atom stereocenters. The van der Waals surface area contributed by atoms with Crippen molar-refractivity contribution in [2.75, 3.05) is 0 Å². The number of pyridine rings is 1. The number of nitrogens with one attached hydrogen (secondary N) is 1. The van der Waals surface area contributed by atoms with E-state index in [4.69, 9.17) is 5.11 Å². The number of hydrogen-bond acceptors (Lipinski definition) is 5. The van der Waals surface area contributed by atoms with Crippen molar-refractivity contribution >= 4 is 16.0 Å². The van der Waals surface area contributed by atoms with Crippen LogP contribution < -0.4 is 4.72 Å². The topological polar surface area (TPSA) is 117 Å². The van der Waals surface area contributed by atoms with Crippen LogP contribution in [0, 0.1) is 5.92 Å². The molecule has 1 aromatic heterocycles. The Labute approximate surface area is 145 Å². The van der Waals surface area contributed by atoms with Gasteiger partial charge >= 0.3 is 5.97 Å². The van der Waals surface area contributed by atoms with Crippen LogP contribution in [0.4, 0.5) is 0 Å². The van der Waals surface area contributed by atoms with Crippen molar-refractivity contribution in [1.82, 2.24) is 9.71 Å². The minimum absolute atomic E-state index is 0.0155. The first-order valence-electron chi connectivity index (χ1n) is 7.81. The zero-order chi connectivity index (χ0) is 18.0. The summed E-state index contributed by atoms with van der Waals surface area (Å²) in [6, 6.07) is 9.74. The fourth-order valence-corrected chi connectivity index (χ4v) is 4.15. The summed E-state index contributed by atoms with van der Waals surface area (Å²) in [6.45, 7) is 0. The Balaban J connectivity index is 1.86. The molecule has 1 atom stereocenters. The summed E-state index contributed by atoms with van der Waals surface area (Å²) in [5.41, 5.74) is 0.604. The monoisotopic (exact) mass is 362 g/mol. The fraction of sp³-hybridized carbons (Fsp3) is 0.294. The number of carboxylic acid groups (broad SMARTS) is 1. The summed E-state index contributed by atoms with van der Waals surface area (Å²) in [5, 5.41) is 18.5. The van der Waals surface area contributed by atoms with Crippen LogP contribution >= 0.6 is 0 Å². The van der Waals surface area contributed by atoms with Gasteiger partial charge in [-0.05, 0) is 55.2 Å². The highest BCUT2D eigenvalue weighted by Crippen LogP contribution is 2.38. The normalized spacial score (nSPS) is 21.3. The van der Waals surface area contributed by atoms with Gasteiger partial charge < -0.3 is 10.2 Å². The van der Waals surface area contributed by atoms with Crippen LogP contribution in [0.15, 0.2) is 53.6 Å². The highest BCUT2D eigenvalue weighted by Gasteiger charge is 2.37. The molecule has 1 heterocycles. The summed E-state index contributed by atoms with van der Waals surface area (Å²) in [7, 11) is -3.85. The van der Waals surface area contributed by atoms with E-state index in [9.17, 15) is 18.3 Å². The molecule has 2 aromatic rings. The summed E-state index contributed by atoms with van der Waals surface area (Å²) in [6.07, 6.45) is 2.17. The highest BCUT2D eigenvalue weighted by molar-refractivity contribution is 7.89. The molecule has 7 nitrogen and oxygen atoms in total. The Kier molecular flexibility index (Phi) is 4.85. The molecule has 1 saturated carbocycles.